The Morgan fingerprint density at radius 2 is 2.17 bits per heavy atom. The molecule has 0 N–H and O–H groups in total. The standard InChI is InChI=1S/C14H21NO2S/c1-14(2,15-7-9-17-10-8-15)13(16)6-5-12-4-3-11-18-12/h3-4,11H,5-10H2,1-2H3. The zero-order valence-corrected chi connectivity index (χ0v) is 12.0. The Balaban J connectivity index is 1.89. The highest BCUT2D eigenvalue weighted by molar-refractivity contribution is 7.09. The second-order valence-electron chi connectivity index (χ2n) is 5.16. The van der Waals surface area contributed by atoms with Gasteiger partial charge in [0.05, 0.1) is 18.8 Å². The quantitative estimate of drug-likeness (QED) is 0.820. The lowest BCUT2D eigenvalue weighted by molar-refractivity contribution is -0.132. The van der Waals surface area contributed by atoms with Crippen LogP contribution in [0.3, 0.4) is 0 Å². The first-order chi connectivity index (χ1) is 8.60. The van der Waals surface area contributed by atoms with E-state index in [1.165, 1.54) is 4.88 Å². The van der Waals surface area contributed by atoms with Gasteiger partial charge in [-0.1, -0.05) is 6.07 Å². The van der Waals surface area contributed by atoms with E-state index in [0.29, 0.717) is 12.2 Å². The van der Waals surface area contributed by atoms with E-state index in [9.17, 15) is 4.79 Å². The number of rotatable bonds is 5. The summed E-state index contributed by atoms with van der Waals surface area (Å²) in [6.45, 7) is 7.27. The summed E-state index contributed by atoms with van der Waals surface area (Å²) in [6, 6.07) is 4.14. The van der Waals surface area contributed by atoms with Crippen molar-refractivity contribution in [2.75, 3.05) is 26.3 Å². The first kappa shape index (κ1) is 13.7. The molecule has 1 fully saturated rings. The van der Waals surface area contributed by atoms with Gasteiger partial charge < -0.3 is 4.74 Å². The van der Waals surface area contributed by atoms with Crippen molar-refractivity contribution in [1.82, 2.24) is 4.90 Å². The number of carbonyl (C=O) groups is 1. The van der Waals surface area contributed by atoms with Crippen LogP contribution in [0.5, 0.6) is 0 Å². The van der Waals surface area contributed by atoms with Crippen LogP contribution < -0.4 is 0 Å². The molecule has 0 aliphatic carbocycles. The van der Waals surface area contributed by atoms with Crippen molar-refractivity contribution in [1.29, 1.82) is 0 Å². The molecule has 0 atom stereocenters. The van der Waals surface area contributed by atoms with Crippen LogP contribution in [-0.4, -0.2) is 42.5 Å². The maximum atomic E-state index is 12.4. The first-order valence-corrected chi connectivity index (χ1v) is 7.37. The van der Waals surface area contributed by atoms with Gasteiger partial charge in [-0.25, -0.2) is 0 Å². The van der Waals surface area contributed by atoms with Gasteiger partial charge in [-0.05, 0) is 31.7 Å². The molecule has 2 heterocycles. The number of ketones is 1. The molecule has 0 unspecified atom stereocenters. The monoisotopic (exact) mass is 267 g/mol. The van der Waals surface area contributed by atoms with Gasteiger partial charge >= 0.3 is 0 Å². The minimum atomic E-state index is -0.360. The highest BCUT2D eigenvalue weighted by Gasteiger charge is 2.34. The molecule has 4 heteroatoms. The summed E-state index contributed by atoms with van der Waals surface area (Å²) in [6.07, 6.45) is 1.50. The highest BCUT2D eigenvalue weighted by atomic mass is 32.1. The summed E-state index contributed by atoms with van der Waals surface area (Å²) in [5.74, 6) is 0.331. The summed E-state index contributed by atoms with van der Waals surface area (Å²) in [5.41, 5.74) is -0.360. The molecular formula is C14H21NO2S. The number of hydrogen-bond acceptors (Lipinski definition) is 4. The number of carbonyl (C=O) groups excluding carboxylic acids is 1. The highest BCUT2D eigenvalue weighted by Crippen LogP contribution is 2.21. The third-order valence-corrected chi connectivity index (χ3v) is 4.60. The van der Waals surface area contributed by atoms with Crippen LogP contribution >= 0.6 is 11.3 Å². The molecule has 1 aliphatic heterocycles. The van der Waals surface area contributed by atoms with E-state index in [4.69, 9.17) is 4.74 Å². The lowest BCUT2D eigenvalue weighted by Gasteiger charge is -2.39. The van der Waals surface area contributed by atoms with E-state index in [1.54, 1.807) is 11.3 Å². The third kappa shape index (κ3) is 3.19. The Kier molecular flexibility index (Phi) is 4.54. The maximum absolute atomic E-state index is 12.4. The van der Waals surface area contributed by atoms with Crippen LogP contribution in [0.25, 0.3) is 0 Å². The van der Waals surface area contributed by atoms with Crippen molar-refractivity contribution >= 4 is 17.1 Å². The number of ether oxygens (including phenoxy) is 1. The zero-order valence-electron chi connectivity index (χ0n) is 11.1. The predicted molar refractivity (Wildman–Crippen MR) is 74.1 cm³/mol. The lowest BCUT2D eigenvalue weighted by atomic mass is 9.92. The molecule has 0 bridgehead atoms. The Bertz CT molecular complexity index is 381. The Hall–Kier alpha value is -0.710. The molecule has 1 aliphatic rings. The van der Waals surface area contributed by atoms with Crippen LogP contribution in [0, 0.1) is 0 Å². The minimum Gasteiger partial charge on any atom is -0.379 e. The average molecular weight is 267 g/mol. The van der Waals surface area contributed by atoms with Crippen LogP contribution in [-0.2, 0) is 16.0 Å². The number of hydrogen-bond donors (Lipinski definition) is 0. The first-order valence-electron chi connectivity index (χ1n) is 6.49. The lowest BCUT2D eigenvalue weighted by Crippen LogP contribution is -2.54. The van der Waals surface area contributed by atoms with E-state index < -0.39 is 0 Å². The number of nitrogens with zero attached hydrogens (tertiary/aromatic N) is 1. The van der Waals surface area contributed by atoms with Crippen molar-refractivity contribution in [3.8, 4) is 0 Å². The molecule has 0 spiro atoms. The maximum Gasteiger partial charge on any atom is 0.152 e. The second kappa shape index (κ2) is 5.95. The van der Waals surface area contributed by atoms with Crippen molar-refractivity contribution in [3.63, 3.8) is 0 Å². The molecule has 2 rings (SSSR count). The van der Waals surface area contributed by atoms with E-state index in [1.807, 2.05) is 19.9 Å². The third-order valence-electron chi connectivity index (χ3n) is 3.66. The number of thiophene rings is 1. The SMILES string of the molecule is CC(C)(C(=O)CCc1cccs1)N1CCOCC1. The van der Waals surface area contributed by atoms with Gasteiger partial charge in [-0.3, -0.25) is 9.69 Å². The van der Waals surface area contributed by atoms with Gasteiger partial charge in [0, 0.05) is 24.4 Å². The van der Waals surface area contributed by atoms with Crippen LogP contribution in [0.1, 0.15) is 25.1 Å². The van der Waals surface area contributed by atoms with Crippen molar-refractivity contribution < 1.29 is 9.53 Å². The molecule has 0 radical (unpaired) electrons. The Morgan fingerprint density at radius 3 is 2.78 bits per heavy atom. The van der Waals surface area contributed by atoms with Crippen molar-refractivity contribution in [2.24, 2.45) is 0 Å². The average Bonchev–Trinajstić information content (AvgIpc) is 2.90. The molecule has 0 aromatic carbocycles. The summed E-state index contributed by atoms with van der Waals surface area (Å²) in [4.78, 5) is 15.9. The molecule has 1 aromatic heterocycles. The summed E-state index contributed by atoms with van der Waals surface area (Å²) in [5, 5.41) is 2.06. The van der Waals surface area contributed by atoms with Gasteiger partial charge in [0.2, 0.25) is 0 Å². The molecule has 1 aromatic rings. The molecule has 0 saturated carbocycles. The second-order valence-corrected chi connectivity index (χ2v) is 6.19. The topological polar surface area (TPSA) is 29.5 Å². The van der Waals surface area contributed by atoms with Crippen molar-refractivity contribution in [3.05, 3.63) is 22.4 Å². The number of aryl methyl sites for hydroxylation is 1. The fraction of sp³-hybridized carbons (Fsp3) is 0.643. The van der Waals surface area contributed by atoms with Crippen LogP contribution in [0.15, 0.2) is 17.5 Å². The smallest absolute Gasteiger partial charge is 0.152 e. The molecule has 1 saturated heterocycles. The fourth-order valence-corrected chi connectivity index (χ4v) is 3.01. The molecule has 18 heavy (non-hydrogen) atoms. The van der Waals surface area contributed by atoms with E-state index >= 15 is 0 Å². The zero-order chi connectivity index (χ0) is 13.0. The molecule has 3 nitrogen and oxygen atoms in total. The summed E-state index contributed by atoms with van der Waals surface area (Å²) >= 11 is 1.73. The summed E-state index contributed by atoms with van der Waals surface area (Å²) < 4.78 is 5.34. The summed E-state index contributed by atoms with van der Waals surface area (Å²) in [7, 11) is 0. The molecular weight excluding hydrogens is 246 g/mol. The normalized spacial score (nSPS) is 17.9. The van der Waals surface area contributed by atoms with E-state index in [2.05, 4.69) is 16.3 Å². The van der Waals surface area contributed by atoms with Gasteiger partial charge in [-0.15, -0.1) is 11.3 Å². The number of Topliss-reactive ketones (excluding diaryl/α,β-unsaturated/α-hetero) is 1. The minimum absolute atomic E-state index is 0.331. The van der Waals surface area contributed by atoms with Gasteiger partial charge in [-0.2, -0.15) is 0 Å². The fourth-order valence-electron chi connectivity index (χ4n) is 2.30. The largest absolute Gasteiger partial charge is 0.379 e. The number of morpholine rings is 1. The van der Waals surface area contributed by atoms with Gasteiger partial charge in [0.25, 0.3) is 0 Å². The van der Waals surface area contributed by atoms with Crippen LogP contribution in [0.4, 0.5) is 0 Å². The predicted octanol–water partition coefficient (Wildman–Crippen LogP) is 2.36. The van der Waals surface area contributed by atoms with E-state index in [-0.39, 0.29) is 5.54 Å². The Morgan fingerprint density at radius 1 is 1.44 bits per heavy atom. The Labute approximate surface area is 113 Å². The molecule has 100 valence electrons. The van der Waals surface area contributed by atoms with E-state index in [0.717, 1.165) is 32.7 Å². The van der Waals surface area contributed by atoms with Gasteiger partial charge in [0.1, 0.15) is 0 Å². The van der Waals surface area contributed by atoms with Crippen molar-refractivity contribution in [2.45, 2.75) is 32.2 Å². The van der Waals surface area contributed by atoms with Crippen LogP contribution in [0.2, 0.25) is 0 Å². The van der Waals surface area contributed by atoms with Gasteiger partial charge in [0.15, 0.2) is 5.78 Å². The molecule has 0 amide bonds.